The van der Waals surface area contributed by atoms with Crippen molar-refractivity contribution < 1.29 is 4.79 Å². The van der Waals surface area contributed by atoms with E-state index < -0.39 is 0 Å². The number of rotatable bonds is 3. The van der Waals surface area contributed by atoms with Crippen LogP contribution in [-0.2, 0) is 17.8 Å². The van der Waals surface area contributed by atoms with E-state index in [0.717, 1.165) is 29.7 Å². The van der Waals surface area contributed by atoms with E-state index in [-0.39, 0.29) is 12.5 Å². The summed E-state index contributed by atoms with van der Waals surface area (Å²) in [6.45, 7) is 3.65. The van der Waals surface area contributed by atoms with Gasteiger partial charge in [0.25, 0.3) is 0 Å². The molecule has 0 spiro atoms. The topological polar surface area (TPSA) is 58.1 Å². The smallest absolute Gasteiger partial charge is 0.242 e. The molecule has 0 saturated heterocycles. The van der Waals surface area contributed by atoms with Gasteiger partial charge in [0.2, 0.25) is 5.91 Å². The molecule has 0 radical (unpaired) electrons. The fraction of sp³-hybridized carbons (Fsp3) is 0.278. The summed E-state index contributed by atoms with van der Waals surface area (Å²) in [6.07, 6.45) is 0.952. The van der Waals surface area contributed by atoms with Crippen LogP contribution in [0.1, 0.15) is 16.1 Å². The molecule has 0 fully saturated rings. The van der Waals surface area contributed by atoms with Crippen molar-refractivity contribution in [2.75, 3.05) is 18.4 Å². The Morgan fingerprint density at radius 3 is 2.88 bits per heavy atom. The second-order valence-corrected chi connectivity index (χ2v) is 6.93. The minimum absolute atomic E-state index is 0.0983. The molecule has 2 aromatic heterocycles. The number of aryl methyl sites for hydroxylation is 1. The summed E-state index contributed by atoms with van der Waals surface area (Å²) >= 11 is 1.78. The number of amides is 1. The number of carbonyl (C=O) groups excluding carboxylic acids is 1. The van der Waals surface area contributed by atoms with Crippen LogP contribution in [0.5, 0.6) is 0 Å². The number of aromatic nitrogens is 2. The highest BCUT2D eigenvalue weighted by Crippen LogP contribution is 2.24. The molecule has 1 aliphatic heterocycles. The van der Waals surface area contributed by atoms with Crippen molar-refractivity contribution in [1.29, 1.82) is 0 Å². The quantitative estimate of drug-likeness (QED) is 0.797. The van der Waals surface area contributed by atoms with Crippen molar-refractivity contribution in [2.24, 2.45) is 0 Å². The van der Waals surface area contributed by atoms with Gasteiger partial charge in [-0.25, -0.2) is 9.97 Å². The number of nitrogens with zero attached hydrogens (tertiary/aromatic N) is 3. The Bertz CT molecular complexity index is 905. The van der Waals surface area contributed by atoms with Gasteiger partial charge < -0.3 is 10.2 Å². The molecule has 0 aliphatic carbocycles. The number of anilines is 1. The Kier molecular flexibility index (Phi) is 3.90. The average Bonchev–Trinajstić information content (AvgIpc) is 3.07. The summed E-state index contributed by atoms with van der Waals surface area (Å²) in [7, 11) is 0. The van der Waals surface area contributed by atoms with Gasteiger partial charge >= 0.3 is 0 Å². The largest absolute Gasteiger partial charge is 0.359 e. The van der Waals surface area contributed by atoms with Gasteiger partial charge in [0.05, 0.1) is 23.3 Å². The molecule has 1 N–H and O–H groups in total. The summed E-state index contributed by atoms with van der Waals surface area (Å²) in [5.41, 5.74) is 3.79. The van der Waals surface area contributed by atoms with E-state index in [2.05, 4.69) is 26.7 Å². The van der Waals surface area contributed by atoms with E-state index in [1.807, 2.05) is 36.1 Å². The predicted molar refractivity (Wildman–Crippen MR) is 96.2 cm³/mol. The van der Waals surface area contributed by atoms with Crippen LogP contribution in [0.2, 0.25) is 0 Å². The first-order valence-corrected chi connectivity index (χ1v) is 8.89. The first kappa shape index (κ1) is 15.1. The molecule has 5 nitrogen and oxygen atoms in total. The zero-order valence-electron chi connectivity index (χ0n) is 13.5. The van der Waals surface area contributed by atoms with E-state index >= 15 is 0 Å². The molecule has 122 valence electrons. The maximum Gasteiger partial charge on any atom is 0.242 e. The molecule has 6 heteroatoms. The Balaban J connectivity index is 1.45. The van der Waals surface area contributed by atoms with Crippen LogP contribution in [0.4, 0.5) is 5.82 Å². The molecule has 3 aromatic rings. The molecule has 1 aromatic carbocycles. The lowest BCUT2D eigenvalue weighted by atomic mass is 10.1. The van der Waals surface area contributed by atoms with Gasteiger partial charge in [-0.05, 0) is 42.5 Å². The normalized spacial score (nSPS) is 13.8. The van der Waals surface area contributed by atoms with Crippen LogP contribution in [0.3, 0.4) is 0 Å². The standard InChI is InChI=1S/C18H18N4OS/c1-12-18(21-15-5-3-2-4-14(15)20-12)19-10-17(23)22-8-6-16-13(11-22)7-9-24-16/h2-5,7,9H,6,8,10-11H2,1H3,(H,19,21). The predicted octanol–water partition coefficient (Wildman–Crippen LogP) is 3.00. The first-order valence-electron chi connectivity index (χ1n) is 8.01. The van der Waals surface area contributed by atoms with Gasteiger partial charge in [-0.2, -0.15) is 0 Å². The van der Waals surface area contributed by atoms with Gasteiger partial charge in [-0.3, -0.25) is 4.79 Å². The highest BCUT2D eigenvalue weighted by molar-refractivity contribution is 7.10. The van der Waals surface area contributed by atoms with Crippen LogP contribution in [0.25, 0.3) is 11.0 Å². The van der Waals surface area contributed by atoms with Crippen LogP contribution < -0.4 is 5.32 Å². The minimum Gasteiger partial charge on any atom is -0.359 e. The molecule has 24 heavy (non-hydrogen) atoms. The monoisotopic (exact) mass is 338 g/mol. The second kappa shape index (κ2) is 6.20. The summed E-state index contributed by atoms with van der Waals surface area (Å²) in [4.78, 5) is 24.9. The fourth-order valence-corrected chi connectivity index (χ4v) is 3.88. The molecule has 0 unspecified atom stereocenters. The van der Waals surface area contributed by atoms with Crippen LogP contribution in [0, 0.1) is 6.92 Å². The highest BCUT2D eigenvalue weighted by atomic mass is 32.1. The highest BCUT2D eigenvalue weighted by Gasteiger charge is 2.21. The van der Waals surface area contributed by atoms with Crippen molar-refractivity contribution in [3.05, 3.63) is 51.8 Å². The van der Waals surface area contributed by atoms with E-state index in [1.165, 1.54) is 10.4 Å². The Hall–Kier alpha value is -2.47. The third-order valence-electron chi connectivity index (χ3n) is 4.31. The number of benzene rings is 1. The van der Waals surface area contributed by atoms with E-state index in [1.54, 1.807) is 11.3 Å². The zero-order chi connectivity index (χ0) is 16.5. The summed E-state index contributed by atoms with van der Waals surface area (Å²) < 4.78 is 0. The maximum atomic E-state index is 12.5. The third kappa shape index (κ3) is 2.85. The number of fused-ring (bicyclic) bond motifs is 2. The molecule has 0 atom stereocenters. The molecular weight excluding hydrogens is 320 g/mol. The summed E-state index contributed by atoms with van der Waals surface area (Å²) in [5.74, 6) is 0.775. The van der Waals surface area contributed by atoms with Gasteiger partial charge in [-0.15, -0.1) is 11.3 Å². The number of nitrogens with one attached hydrogen (secondary N) is 1. The number of thiophene rings is 1. The lowest BCUT2D eigenvalue weighted by Gasteiger charge is -2.27. The second-order valence-electron chi connectivity index (χ2n) is 5.93. The van der Waals surface area contributed by atoms with Crippen molar-refractivity contribution in [2.45, 2.75) is 19.9 Å². The van der Waals surface area contributed by atoms with Crippen molar-refractivity contribution >= 4 is 34.1 Å². The van der Waals surface area contributed by atoms with E-state index in [4.69, 9.17) is 0 Å². The van der Waals surface area contributed by atoms with Crippen LogP contribution >= 0.6 is 11.3 Å². The van der Waals surface area contributed by atoms with Gasteiger partial charge in [-0.1, -0.05) is 12.1 Å². The van der Waals surface area contributed by atoms with Crippen molar-refractivity contribution in [1.82, 2.24) is 14.9 Å². The number of hydrogen-bond acceptors (Lipinski definition) is 5. The molecule has 0 bridgehead atoms. The molecule has 3 heterocycles. The van der Waals surface area contributed by atoms with Crippen molar-refractivity contribution in [3.63, 3.8) is 0 Å². The molecule has 1 amide bonds. The van der Waals surface area contributed by atoms with Gasteiger partial charge in [0.1, 0.15) is 5.82 Å². The summed E-state index contributed by atoms with van der Waals surface area (Å²) in [6, 6.07) is 9.87. The Morgan fingerprint density at radius 2 is 2.04 bits per heavy atom. The van der Waals surface area contributed by atoms with Gasteiger partial charge in [0, 0.05) is 18.0 Å². The lowest BCUT2D eigenvalue weighted by molar-refractivity contribution is -0.130. The molecule has 4 rings (SSSR count). The summed E-state index contributed by atoms with van der Waals surface area (Å²) in [5, 5.41) is 5.26. The fourth-order valence-electron chi connectivity index (χ4n) is 2.99. The minimum atomic E-state index is 0.0983. The molecular formula is C18H18N4OS. The van der Waals surface area contributed by atoms with Crippen LogP contribution in [-0.4, -0.2) is 33.9 Å². The van der Waals surface area contributed by atoms with Crippen molar-refractivity contribution in [3.8, 4) is 0 Å². The molecule has 1 aliphatic rings. The molecule has 0 saturated carbocycles. The number of para-hydroxylation sites is 2. The zero-order valence-corrected chi connectivity index (χ0v) is 14.3. The van der Waals surface area contributed by atoms with Crippen LogP contribution in [0.15, 0.2) is 35.7 Å². The number of hydrogen-bond donors (Lipinski definition) is 1. The Morgan fingerprint density at radius 1 is 1.25 bits per heavy atom. The van der Waals surface area contributed by atoms with Gasteiger partial charge in [0.15, 0.2) is 0 Å². The maximum absolute atomic E-state index is 12.5. The number of carbonyl (C=O) groups is 1. The SMILES string of the molecule is Cc1nc2ccccc2nc1NCC(=O)N1CCc2sccc2C1. The lowest BCUT2D eigenvalue weighted by Crippen LogP contribution is -2.39. The third-order valence-corrected chi connectivity index (χ3v) is 5.34. The van der Waals surface area contributed by atoms with E-state index in [0.29, 0.717) is 12.4 Å². The first-order chi connectivity index (χ1) is 11.7. The Labute approximate surface area is 144 Å². The van der Waals surface area contributed by atoms with E-state index in [9.17, 15) is 4.79 Å². The average molecular weight is 338 g/mol.